The Morgan fingerprint density at radius 2 is 2.13 bits per heavy atom. The molecule has 2 aromatic rings. The van der Waals surface area contributed by atoms with Crippen molar-refractivity contribution >= 4 is 23.2 Å². The van der Waals surface area contributed by atoms with Gasteiger partial charge in [0.25, 0.3) is 5.91 Å². The molecule has 0 radical (unpaired) electrons. The lowest BCUT2D eigenvalue weighted by Crippen LogP contribution is -2.24. The van der Waals surface area contributed by atoms with Gasteiger partial charge < -0.3 is 10.2 Å². The molecule has 1 aliphatic rings. The number of rotatable bonds is 5. The molecule has 2 heterocycles. The van der Waals surface area contributed by atoms with Crippen molar-refractivity contribution in [1.82, 2.24) is 15.2 Å². The predicted molar refractivity (Wildman–Crippen MR) is 89.1 cm³/mol. The van der Waals surface area contributed by atoms with Crippen LogP contribution in [-0.4, -0.2) is 28.2 Å². The molecule has 120 valence electrons. The van der Waals surface area contributed by atoms with Gasteiger partial charge in [-0.05, 0) is 31.0 Å². The van der Waals surface area contributed by atoms with Crippen molar-refractivity contribution in [3.05, 3.63) is 51.5 Å². The number of benzene rings is 1. The molecule has 1 aromatic carbocycles. The Morgan fingerprint density at radius 1 is 1.35 bits per heavy atom. The van der Waals surface area contributed by atoms with Crippen molar-refractivity contribution < 1.29 is 9.59 Å². The van der Waals surface area contributed by atoms with Crippen LogP contribution in [0.1, 0.15) is 39.5 Å². The van der Waals surface area contributed by atoms with E-state index in [1.165, 1.54) is 0 Å². The van der Waals surface area contributed by atoms with E-state index in [0.29, 0.717) is 25.1 Å². The van der Waals surface area contributed by atoms with Crippen molar-refractivity contribution in [3.8, 4) is 0 Å². The molecule has 0 unspecified atom stereocenters. The summed E-state index contributed by atoms with van der Waals surface area (Å²) in [6, 6.07) is 7.43. The molecule has 1 aliphatic heterocycles. The summed E-state index contributed by atoms with van der Waals surface area (Å²) in [6.07, 6.45) is 1.59. The third-order valence-electron chi connectivity index (χ3n) is 3.83. The van der Waals surface area contributed by atoms with Crippen LogP contribution in [0.3, 0.4) is 0 Å². The summed E-state index contributed by atoms with van der Waals surface area (Å²) in [5.41, 5.74) is 2.64. The lowest BCUT2D eigenvalue weighted by atomic mass is 10.1. The van der Waals surface area contributed by atoms with Gasteiger partial charge in [-0.2, -0.15) is 0 Å². The Hall–Kier alpha value is -2.21. The molecule has 2 amide bonds. The number of aryl methyl sites for hydroxylation is 1. The summed E-state index contributed by atoms with van der Waals surface area (Å²) in [6.45, 7) is 3.83. The maximum absolute atomic E-state index is 12.1. The molecule has 0 saturated carbocycles. The number of carbonyl (C=O) groups is 2. The first-order valence-corrected chi connectivity index (χ1v) is 8.56. The molecule has 0 aliphatic carbocycles. The van der Waals surface area contributed by atoms with E-state index in [0.717, 1.165) is 29.2 Å². The smallest absolute Gasteiger partial charge is 0.251 e. The quantitative estimate of drug-likeness (QED) is 0.917. The Morgan fingerprint density at radius 3 is 2.74 bits per heavy atom. The average Bonchev–Trinajstić information content (AvgIpc) is 3.14. The van der Waals surface area contributed by atoms with Gasteiger partial charge in [-0.25, -0.2) is 4.98 Å². The van der Waals surface area contributed by atoms with Crippen LogP contribution in [0.5, 0.6) is 0 Å². The van der Waals surface area contributed by atoms with Crippen molar-refractivity contribution in [1.29, 1.82) is 0 Å². The Labute approximate surface area is 139 Å². The number of hydrogen-bond acceptors (Lipinski definition) is 4. The highest BCUT2D eigenvalue weighted by atomic mass is 32.1. The zero-order valence-electron chi connectivity index (χ0n) is 13.0. The first-order chi connectivity index (χ1) is 11.1. The number of aromatic nitrogens is 1. The van der Waals surface area contributed by atoms with Crippen molar-refractivity contribution in [2.45, 2.75) is 32.9 Å². The van der Waals surface area contributed by atoms with Crippen LogP contribution in [0.25, 0.3) is 0 Å². The standard InChI is InChI=1S/C17H19N3O2S/c1-12-11-23-15(19-12)9-18-17(22)14-6-4-13(5-7-14)10-20-8-2-3-16(20)21/h4-7,11H,2-3,8-10H2,1H3,(H,18,22). The second-order valence-corrected chi connectivity index (χ2v) is 6.62. The number of thiazole rings is 1. The largest absolute Gasteiger partial charge is 0.346 e. The summed E-state index contributed by atoms with van der Waals surface area (Å²) >= 11 is 1.54. The summed E-state index contributed by atoms with van der Waals surface area (Å²) in [4.78, 5) is 29.9. The highest BCUT2D eigenvalue weighted by molar-refractivity contribution is 7.09. The van der Waals surface area contributed by atoms with Gasteiger partial charge in [0.15, 0.2) is 0 Å². The minimum absolute atomic E-state index is 0.110. The molecule has 1 aromatic heterocycles. The van der Waals surface area contributed by atoms with Gasteiger partial charge in [-0.1, -0.05) is 12.1 Å². The molecule has 1 fully saturated rings. The average molecular weight is 329 g/mol. The third-order valence-corrected chi connectivity index (χ3v) is 4.79. The molecule has 3 rings (SSSR count). The van der Waals surface area contributed by atoms with Crippen LogP contribution < -0.4 is 5.32 Å². The van der Waals surface area contributed by atoms with Crippen molar-refractivity contribution in [3.63, 3.8) is 0 Å². The lowest BCUT2D eigenvalue weighted by Gasteiger charge is -2.15. The Balaban J connectivity index is 1.55. The van der Waals surface area contributed by atoms with Crippen LogP contribution in [0.15, 0.2) is 29.6 Å². The lowest BCUT2D eigenvalue weighted by molar-refractivity contribution is -0.128. The van der Waals surface area contributed by atoms with Crippen LogP contribution >= 0.6 is 11.3 Å². The first kappa shape index (κ1) is 15.7. The highest BCUT2D eigenvalue weighted by Gasteiger charge is 2.19. The summed E-state index contributed by atoms with van der Waals surface area (Å²) in [5, 5.41) is 5.74. The Bertz CT molecular complexity index is 709. The van der Waals surface area contributed by atoms with Gasteiger partial charge in [0.05, 0.1) is 6.54 Å². The van der Waals surface area contributed by atoms with Gasteiger partial charge >= 0.3 is 0 Å². The minimum atomic E-state index is -0.110. The normalized spacial score (nSPS) is 14.3. The molecule has 23 heavy (non-hydrogen) atoms. The van der Waals surface area contributed by atoms with Gasteiger partial charge in [0.1, 0.15) is 5.01 Å². The van der Waals surface area contributed by atoms with E-state index < -0.39 is 0 Å². The highest BCUT2D eigenvalue weighted by Crippen LogP contribution is 2.15. The SMILES string of the molecule is Cc1csc(CNC(=O)c2ccc(CN3CCCC3=O)cc2)n1. The number of likely N-dealkylation sites (tertiary alicyclic amines) is 1. The number of amides is 2. The maximum Gasteiger partial charge on any atom is 0.251 e. The van der Waals surface area contributed by atoms with Crippen LogP contribution in [0.4, 0.5) is 0 Å². The molecule has 1 N–H and O–H groups in total. The summed E-state index contributed by atoms with van der Waals surface area (Å²) in [5.74, 6) is 0.104. The van der Waals surface area contributed by atoms with Crippen molar-refractivity contribution in [2.75, 3.05) is 6.54 Å². The fourth-order valence-electron chi connectivity index (χ4n) is 2.59. The van der Waals surface area contributed by atoms with E-state index >= 15 is 0 Å². The second-order valence-electron chi connectivity index (χ2n) is 5.68. The molecular weight excluding hydrogens is 310 g/mol. The zero-order valence-corrected chi connectivity index (χ0v) is 13.9. The molecule has 0 bridgehead atoms. The Kier molecular flexibility index (Phi) is 4.71. The van der Waals surface area contributed by atoms with Gasteiger partial charge in [-0.15, -0.1) is 11.3 Å². The molecular formula is C17H19N3O2S. The summed E-state index contributed by atoms with van der Waals surface area (Å²) < 4.78 is 0. The van der Waals surface area contributed by atoms with Gasteiger partial charge in [0.2, 0.25) is 5.91 Å². The van der Waals surface area contributed by atoms with Gasteiger partial charge in [0, 0.05) is 36.1 Å². The van der Waals surface area contributed by atoms with Crippen LogP contribution in [0, 0.1) is 6.92 Å². The molecule has 5 nitrogen and oxygen atoms in total. The molecule has 6 heteroatoms. The monoisotopic (exact) mass is 329 g/mol. The van der Waals surface area contributed by atoms with E-state index in [1.807, 2.05) is 29.3 Å². The zero-order chi connectivity index (χ0) is 16.2. The predicted octanol–water partition coefficient (Wildman–Crippen LogP) is 2.50. The fourth-order valence-corrected chi connectivity index (χ4v) is 3.31. The van der Waals surface area contributed by atoms with E-state index in [2.05, 4.69) is 10.3 Å². The maximum atomic E-state index is 12.1. The van der Waals surface area contributed by atoms with E-state index in [-0.39, 0.29) is 11.8 Å². The number of carbonyl (C=O) groups excluding carboxylic acids is 2. The van der Waals surface area contributed by atoms with Gasteiger partial charge in [-0.3, -0.25) is 9.59 Å². The number of nitrogens with zero attached hydrogens (tertiary/aromatic N) is 2. The van der Waals surface area contributed by atoms with E-state index in [4.69, 9.17) is 0 Å². The molecule has 0 spiro atoms. The first-order valence-electron chi connectivity index (χ1n) is 7.68. The molecule has 0 atom stereocenters. The summed E-state index contributed by atoms with van der Waals surface area (Å²) in [7, 11) is 0. The second kappa shape index (κ2) is 6.91. The number of nitrogens with one attached hydrogen (secondary N) is 1. The fraction of sp³-hybridized carbons (Fsp3) is 0.353. The molecule has 1 saturated heterocycles. The van der Waals surface area contributed by atoms with E-state index in [1.54, 1.807) is 23.5 Å². The van der Waals surface area contributed by atoms with Crippen LogP contribution in [0.2, 0.25) is 0 Å². The topological polar surface area (TPSA) is 62.3 Å². The number of hydrogen-bond donors (Lipinski definition) is 1. The van der Waals surface area contributed by atoms with Crippen LogP contribution in [-0.2, 0) is 17.9 Å². The minimum Gasteiger partial charge on any atom is -0.346 e. The van der Waals surface area contributed by atoms with Crippen molar-refractivity contribution in [2.24, 2.45) is 0 Å². The third kappa shape index (κ3) is 3.96. The van der Waals surface area contributed by atoms with E-state index in [9.17, 15) is 9.59 Å².